The largest absolute Gasteiger partial charge is 0.544 e. The van der Waals surface area contributed by atoms with Crippen LogP contribution in [-0.4, -0.2) is 30.1 Å². The molecular weight excluding hydrogens is 333 g/mol. The fourth-order valence-corrected chi connectivity index (χ4v) is 2.93. The molecular formula is C14H10F3N2O3S-. The number of benzene rings is 1. The van der Waals surface area contributed by atoms with E-state index in [4.69, 9.17) is 4.74 Å². The van der Waals surface area contributed by atoms with Crippen LogP contribution < -0.4 is 14.7 Å². The number of ether oxygens (including phenoxy) is 1. The summed E-state index contributed by atoms with van der Waals surface area (Å²) in [5, 5.41) is 11.2. The molecule has 1 aromatic heterocycles. The van der Waals surface area contributed by atoms with Gasteiger partial charge in [0.05, 0.1) is 29.5 Å². The van der Waals surface area contributed by atoms with E-state index in [2.05, 4.69) is 4.98 Å². The smallest absolute Gasteiger partial charge is 0.419 e. The van der Waals surface area contributed by atoms with Crippen molar-refractivity contribution in [2.75, 3.05) is 18.0 Å². The van der Waals surface area contributed by atoms with Crippen molar-refractivity contribution in [3.05, 3.63) is 40.9 Å². The first-order valence-electron chi connectivity index (χ1n) is 6.59. The third-order valence-electron chi connectivity index (χ3n) is 3.30. The normalized spacial score (nSPS) is 15.3. The van der Waals surface area contributed by atoms with Crippen LogP contribution in [0.15, 0.2) is 30.5 Å². The van der Waals surface area contributed by atoms with Gasteiger partial charge in [-0.05, 0) is 12.1 Å². The molecule has 0 saturated carbocycles. The summed E-state index contributed by atoms with van der Waals surface area (Å²) in [6.07, 6.45) is -3.69. The molecule has 1 aliphatic heterocycles. The van der Waals surface area contributed by atoms with Gasteiger partial charge < -0.3 is 19.5 Å². The van der Waals surface area contributed by atoms with E-state index in [-0.39, 0.29) is 10.6 Å². The third-order valence-corrected chi connectivity index (χ3v) is 4.34. The lowest BCUT2D eigenvalue weighted by Crippen LogP contribution is -2.54. The van der Waals surface area contributed by atoms with Crippen LogP contribution in [0.4, 0.5) is 18.3 Å². The van der Waals surface area contributed by atoms with Crippen molar-refractivity contribution >= 4 is 22.4 Å². The fourth-order valence-electron chi connectivity index (χ4n) is 2.16. The maximum atomic E-state index is 12.9. The molecule has 23 heavy (non-hydrogen) atoms. The minimum Gasteiger partial charge on any atom is -0.544 e. The highest BCUT2D eigenvalue weighted by molar-refractivity contribution is 7.17. The van der Waals surface area contributed by atoms with Crippen molar-refractivity contribution in [1.82, 2.24) is 4.98 Å². The molecule has 0 spiro atoms. The van der Waals surface area contributed by atoms with Crippen molar-refractivity contribution in [2.45, 2.75) is 12.3 Å². The Bertz CT molecular complexity index is 726. The van der Waals surface area contributed by atoms with Gasteiger partial charge in [-0.25, -0.2) is 4.98 Å². The van der Waals surface area contributed by atoms with Crippen LogP contribution in [-0.2, 0) is 6.18 Å². The molecule has 5 nitrogen and oxygen atoms in total. The summed E-state index contributed by atoms with van der Waals surface area (Å²) in [4.78, 5) is 16.4. The number of anilines is 1. The Morgan fingerprint density at radius 3 is 2.65 bits per heavy atom. The Balaban J connectivity index is 1.63. The van der Waals surface area contributed by atoms with Crippen LogP contribution in [0.3, 0.4) is 0 Å². The highest BCUT2D eigenvalue weighted by Gasteiger charge is 2.37. The first kappa shape index (κ1) is 15.6. The summed E-state index contributed by atoms with van der Waals surface area (Å²) < 4.78 is 44.0. The van der Waals surface area contributed by atoms with E-state index in [0.29, 0.717) is 18.2 Å². The molecule has 1 aliphatic rings. The van der Waals surface area contributed by atoms with Crippen LogP contribution in [0.25, 0.3) is 0 Å². The minimum absolute atomic E-state index is 0.00628. The Hall–Kier alpha value is -2.29. The SMILES string of the molecule is O=C([O-])c1cnc(N2CC(Oc3ccccc3C(F)(F)F)C2)s1. The van der Waals surface area contributed by atoms with Gasteiger partial charge in [-0.15, -0.1) is 0 Å². The van der Waals surface area contributed by atoms with E-state index >= 15 is 0 Å². The molecule has 0 atom stereocenters. The number of carbonyl (C=O) groups is 1. The van der Waals surface area contributed by atoms with Gasteiger partial charge in [0.1, 0.15) is 11.9 Å². The van der Waals surface area contributed by atoms with E-state index < -0.39 is 23.8 Å². The number of carbonyl (C=O) groups excluding carboxylic acids is 1. The Kier molecular flexibility index (Phi) is 3.88. The molecule has 0 N–H and O–H groups in total. The van der Waals surface area contributed by atoms with E-state index in [1.165, 1.54) is 24.4 Å². The predicted molar refractivity (Wildman–Crippen MR) is 74.5 cm³/mol. The summed E-state index contributed by atoms with van der Waals surface area (Å²) in [5.41, 5.74) is -0.813. The standard InChI is InChI=1S/C14H11F3N2O3S/c15-14(16,17)9-3-1-2-4-10(9)22-8-6-19(7-8)13-18-5-11(23-13)12(20)21/h1-5,8H,6-7H2,(H,20,21)/p-1. The van der Waals surface area contributed by atoms with E-state index in [1.807, 2.05) is 0 Å². The second-order valence-electron chi connectivity index (χ2n) is 4.93. The second kappa shape index (κ2) is 5.73. The summed E-state index contributed by atoms with van der Waals surface area (Å²) in [5.74, 6) is -1.51. The molecule has 0 radical (unpaired) electrons. The van der Waals surface area contributed by atoms with E-state index in [1.54, 1.807) is 4.90 Å². The van der Waals surface area contributed by atoms with Gasteiger partial charge in [-0.1, -0.05) is 23.5 Å². The first-order chi connectivity index (χ1) is 10.8. The number of para-hydroxylation sites is 1. The van der Waals surface area contributed by atoms with Gasteiger partial charge in [0, 0.05) is 6.20 Å². The van der Waals surface area contributed by atoms with Crippen molar-refractivity contribution in [1.29, 1.82) is 0 Å². The second-order valence-corrected chi connectivity index (χ2v) is 5.94. The lowest BCUT2D eigenvalue weighted by Gasteiger charge is -2.39. The molecule has 3 rings (SSSR count). The Morgan fingerprint density at radius 1 is 1.35 bits per heavy atom. The highest BCUT2D eigenvalue weighted by Crippen LogP contribution is 2.37. The average molecular weight is 343 g/mol. The van der Waals surface area contributed by atoms with Crippen molar-refractivity contribution in [3.63, 3.8) is 0 Å². The average Bonchev–Trinajstić information content (AvgIpc) is 2.91. The van der Waals surface area contributed by atoms with Crippen LogP contribution in [0.1, 0.15) is 15.2 Å². The number of thiazole rings is 1. The van der Waals surface area contributed by atoms with Crippen molar-refractivity contribution < 1.29 is 27.8 Å². The summed E-state index contributed by atoms with van der Waals surface area (Å²) in [6, 6.07) is 5.04. The number of nitrogens with zero attached hydrogens (tertiary/aromatic N) is 2. The zero-order valence-electron chi connectivity index (χ0n) is 11.5. The van der Waals surface area contributed by atoms with Gasteiger partial charge in [0.15, 0.2) is 5.13 Å². The van der Waals surface area contributed by atoms with Crippen LogP contribution >= 0.6 is 11.3 Å². The number of aromatic nitrogens is 1. The zero-order valence-corrected chi connectivity index (χ0v) is 12.4. The lowest BCUT2D eigenvalue weighted by molar-refractivity contribution is -0.254. The summed E-state index contributed by atoms with van der Waals surface area (Å²) in [6.45, 7) is 0.679. The molecule has 1 saturated heterocycles. The van der Waals surface area contributed by atoms with Gasteiger partial charge >= 0.3 is 6.18 Å². The molecule has 2 aromatic rings. The molecule has 0 unspecified atom stereocenters. The monoisotopic (exact) mass is 343 g/mol. The van der Waals surface area contributed by atoms with Crippen molar-refractivity contribution in [3.8, 4) is 5.75 Å². The fraction of sp³-hybridized carbons (Fsp3) is 0.286. The third kappa shape index (κ3) is 3.24. The molecule has 1 fully saturated rings. The van der Waals surface area contributed by atoms with Gasteiger partial charge in [-0.2, -0.15) is 13.2 Å². The zero-order chi connectivity index (χ0) is 16.6. The Morgan fingerprint density at radius 2 is 2.04 bits per heavy atom. The van der Waals surface area contributed by atoms with Gasteiger partial charge in [0.2, 0.25) is 0 Å². The van der Waals surface area contributed by atoms with Crippen LogP contribution in [0.2, 0.25) is 0 Å². The predicted octanol–water partition coefficient (Wildman–Crippen LogP) is 1.79. The maximum Gasteiger partial charge on any atom is 0.419 e. The van der Waals surface area contributed by atoms with Gasteiger partial charge in [0.25, 0.3) is 0 Å². The molecule has 9 heteroatoms. The number of carboxylic acids is 1. The molecule has 0 bridgehead atoms. The Labute approximate surface area is 132 Å². The topological polar surface area (TPSA) is 65.5 Å². The van der Waals surface area contributed by atoms with Gasteiger partial charge in [-0.3, -0.25) is 0 Å². The van der Waals surface area contributed by atoms with E-state index in [9.17, 15) is 23.1 Å². The van der Waals surface area contributed by atoms with E-state index in [0.717, 1.165) is 17.4 Å². The first-order valence-corrected chi connectivity index (χ1v) is 7.41. The number of aromatic carboxylic acids is 1. The summed E-state index contributed by atoms with van der Waals surface area (Å²) in [7, 11) is 0. The highest BCUT2D eigenvalue weighted by atomic mass is 32.1. The number of hydrogen-bond donors (Lipinski definition) is 0. The molecule has 1 aromatic carbocycles. The van der Waals surface area contributed by atoms with Crippen molar-refractivity contribution in [2.24, 2.45) is 0 Å². The summed E-state index contributed by atoms with van der Waals surface area (Å²) >= 11 is 0.958. The number of hydrogen-bond acceptors (Lipinski definition) is 6. The molecule has 0 amide bonds. The van der Waals surface area contributed by atoms with Crippen LogP contribution in [0, 0.1) is 0 Å². The molecule has 122 valence electrons. The quantitative estimate of drug-likeness (QED) is 0.847. The molecule has 2 heterocycles. The number of halogens is 3. The minimum atomic E-state index is -4.47. The van der Waals surface area contributed by atoms with Crippen LogP contribution in [0.5, 0.6) is 5.75 Å². The number of carboxylic acid groups (broad SMARTS) is 1. The molecule has 0 aliphatic carbocycles. The lowest BCUT2D eigenvalue weighted by atomic mass is 10.1. The number of rotatable bonds is 4. The maximum absolute atomic E-state index is 12.9. The number of alkyl halides is 3.